The number of halogens is 3. The highest BCUT2D eigenvalue weighted by Crippen LogP contribution is 2.41. The lowest BCUT2D eigenvalue weighted by atomic mass is 9.98. The average molecular weight is 498 g/mol. The van der Waals surface area contributed by atoms with Gasteiger partial charge in [-0.1, -0.05) is 35.3 Å². The minimum atomic E-state index is -0.813. The van der Waals surface area contributed by atoms with Crippen LogP contribution < -0.4 is 14.9 Å². The van der Waals surface area contributed by atoms with E-state index in [9.17, 15) is 14.0 Å². The van der Waals surface area contributed by atoms with Crippen LogP contribution in [0, 0.1) is 5.82 Å². The van der Waals surface area contributed by atoms with Crippen LogP contribution in [0.3, 0.4) is 0 Å². The van der Waals surface area contributed by atoms with Crippen molar-refractivity contribution in [1.82, 2.24) is 4.90 Å². The summed E-state index contributed by atoms with van der Waals surface area (Å²) in [4.78, 5) is 28.6. The summed E-state index contributed by atoms with van der Waals surface area (Å²) < 4.78 is 30.6. The predicted molar refractivity (Wildman–Crippen MR) is 123 cm³/mol. The second-order valence-electron chi connectivity index (χ2n) is 8.01. The molecule has 3 heterocycles. The molecule has 0 saturated heterocycles. The molecule has 1 amide bonds. The maximum Gasteiger partial charge on any atom is 0.291 e. The molecule has 0 radical (unpaired) electrons. The van der Waals surface area contributed by atoms with Gasteiger partial charge in [0, 0.05) is 6.54 Å². The topological polar surface area (TPSA) is 69.0 Å². The van der Waals surface area contributed by atoms with Crippen molar-refractivity contribution in [3.8, 4) is 11.5 Å². The molecule has 1 aromatic heterocycles. The summed E-state index contributed by atoms with van der Waals surface area (Å²) in [7, 11) is 0. The zero-order chi connectivity index (χ0) is 23.6. The molecule has 34 heavy (non-hydrogen) atoms. The monoisotopic (exact) mass is 497 g/mol. The van der Waals surface area contributed by atoms with E-state index in [-0.39, 0.29) is 40.7 Å². The largest absolute Gasteiger partial charge is 0.454 e. The highest BCUT2D eigenvalue weighted by molar-refractivity contribution is 6.42. The van der Waals surface area contributed by atoms with E-state index in [1.807, 2.05) is 6.07 Å². The SMILES string of the molecule is O=C1c2oc3ccc(F)cc3c(=O)c2C(c2ccc(Cl)c(Cl)c2)N1Cc1ccc2c(c1)OCO2. The second-order valence-corrected chi connectivity index (χ2v) is 8.83. The number of nitrogens with zero attached hydrogens (tertiary/aromatic N) is 1. The third-order valence-corrected chi connectivity index (χ3v) is 6.72. The number of benzene rings is 3. The van der Waals surface area contributed by atoms with E-state index in [0.29, 0.717) is 22.1 Å². The number of hydrogen-bond donors (Lipinski definition) is 0. The summed E-state index contributed by atoms with van der Waals surface area (Å²) >= 11 is 12.4. The average Bonchev–Trinajstić information content (AvgIpc) is 3.39. The van der Waals surface area contributed by atoms with Crippen LogP contribution >= 0.6 is 23.2 Å². The molecule has 170 valence electrons. The summed E-state index contributed by atoms with van der Waals surface area (Å²) in [5, 5.41) is 0.672. The van der Waals surface area contributed by atoms with Gasteiger partial charge in [-0.3, -0.25) is 9.59 Å². The first-order valence-electron chi connectivity index (χ1n) is 10.3. The molecule has 0 saturated carbocycles. The summed E-state index contributed by atoms with van der Waals surface area (Å²) in [5.41, 5.74) is 1.12. The van der Waals surface area contributed by atoms with E-state index in [1.54, 1.807) is 30.3 Å². The Morgan fingerprint density at radius 3 is 2.59 bits per heavy atom. The van der Waals surface area contributed by atoms with Crippen molar-refractivity contribution in [3.05, 3.63) is 103 Å². The van der Waals surface area contributed by atoms with E-state index in [2.05, 4.69) is 0 Å². The van der Waals surface area contributed by atoms with Crippen LogP contribution in [0.4, 0.5) is 4.39 Å². The van der Waals surface area contributed by atoms with Crippen LogP contribution in [0.1, 0.15) is 33.3 Å². The molecule has 2 aliphatic heterocycles. The first-order chi connectivity index (χ1) is 16.4. The van der Waals surface area contributed by atoms with Crippen LogP contribution in [-0.4, -0.2) is 17.6 Å². The molecule has 1 atom stereocenters. The Hall–Kier alpha value is -3.55. The minimum Gasteiger partial charge on any atom is -0.454 e. The van der Waals surface area contributed by atoms with Crippen LogP contribution in [0.25, 0.3) is 11.0 Å². The second kappa shape index (κ2) is 7.75. The van der Waals surface area contributed by atoms with Crippen molar-refractivity contribution < 1.29 is 23.1 Å². The fraction of sp³-hybridized carbons (Fsp3) is 0.120. The number of ether oxygens (including phenoxy) is 2. The van der Waals surface area contributed by atoms with Gasteiger partial charge in [0.05, 0.1) is 27.0 Å². The molecule has 1 unspecified atom stereocenters. The maximum atomic E-state index is 13.9. The molecular formula is C25H14Cl2FNO5. The van der Waals surface area contributed by atoms with E-state index in [0.717, 1.165) is 11.6 Å². The molecule has 0 spiro atoms. The Morgan fingerprint density at radius 2 is 1.76 bits per heavy atom. The number of amides is 1. The van der Waals surface area contributed by atoms with E-state index in [4.69, 9.17) is 37.1 Å². The lowest BCUT2D eigenvalue weighted by Gasteiger charge is -2.25. The normalized spacial score (nSPS) is 16.4. The quantitative estimate of drug-likeness (QED) is 0.362. The Kier molecular flexibility index (Phi) is 4.79. The van der Waals surface area contributed by atoms with Gasteiger partial charge in [0.2, 0.25) is 12.6 Å². The Labute approximate surface area is 202 Å². The van der Waals surface area contributed by atoms with Gasteiger partial charge in [-0.05, 0) is 53.6 Å². The lowest BCUT2D eigenvalue weighted by molar-refractivity contribution is 0.0714. The first kappa shape index (κ1) is 21.0. The Balaban J connectivity index is 1.54. The molecule has 6 nitrogen and oxygen atoms in total. The van der Waals surface area contributed by atoms with Crippen LogP contribution in [0.2, 0.25) is 10.0 Å². The number of hydrogen-bond acceptors (Lipinski definition) is 5. The lowest BCUT2D eigenvalue weighted by Crippen LogP contribution is -2.29. The highest BCUT2D eigenvalue weighted by atomic mass is 35.5. The van der Waals surface area contributed by atoms with Crippen LogP contribution in [-0.2, 0) is 6.54 Å². The van der Waals surface area contributed by atoms with Crippen molar-refractivity contribution in [3.63, 3.8) is 0 Å². The van der Waals surface area contributed by atoms with Gasteiger partial charge in [0.1, 0.15) is 11.4 Å². The molecule has 2 aliphatic rings. The molecule has 9 heteroatoms. The molecule has 0 fully saturated rings. The molecule has 0 N–H and O–H groups in total. The standard InChI is InChI=1S/C25H14Cl2FNO5/c26-16-4-2-13(8-17(16)27)22-21-23(30)15-9-14(28)3-6-18(15)34-24(21)25(31)29(22)10-12-1-5-19-20(7-12)33-11-32-19/h1-9,22H,10-11H2. The van der Waals surface area contributed by atoms with Gasteiger partial charge in [-0.15, -0.1) is 0 Å². The van der Waals surface area contributed by atoms with Crippen molar-refractivity contribution >= 4 is 40.1 Å². The zero-order valence-corrected chi connectivity index (χ0v) is 18.8. The van der Waals surface area contributed by atoms with Crippen molar-refractivity contribution in [2.24, 2.45) is 0 Å². The summed E-state index contributed by atoms with van der Waals surface area (Å²) in [5.74, 6) is 0.0643. The third kappa shape index (κ3) is 3.23. The van der Waals surface area contributed by atoms with Crippen LogP contribution in [0.5, 0.6) is 11.5 Å². The first-order valence-corrected chi connectivity index (χ1v) is 11.1. The number of carbonyl (C=O) groups excluding carboxylic acids is 1. The minimum absolute atomic E-state index is 0.0570. The third-order valence-electron chi connectivity index (χ3n) is 5.98. The van der Waals surface area contributed by atoms with Gasteiger partial charge in [0.15, 0.2) is 16.9 Å². The van der Waals surface area contributed by atoms with E-state index >= 15 is 0 Å². The van der Waals surface area contributed by atoms with Gasteiger partial charge >= 0.3 is 0 Å². The molecular weight excluding hydrogens is 484 g/mol. The van der Waals surface area contributed by atoms with Gasteiger partial charge in [-0.25, -0.2) is 4.39 Å². The number of carbonyl (C=O) groups is 1. The van der Waals surface area contributed by atoms with Crippen LogP contribution in [0.15, 0.2) is 63.8 Å². The number of fused-ring (bicyclic) bond motifs is 3. The summed E-state index contributed by atoms with van der Waals surface area (Å²) in [6.45, 7) is 0.273. The molecule has 4 aromatic rings. The van der Waals surface area contributed by atoms with Crippen molar-refractivity contribution in [2.45, 2.75) is 12.6 Å². The maximum absolute atomic E-state index is 13.9. The van der Waals surface area contributed by atoms with E-state index < -0.39 is 23.2 Å². The van der Waals surface area contributed by atoms with Crippen molar-refractivity contribution in [2.75, 3.05) is 6.79 Å². The molecule has 0 aliphatic carbocycles. The van der Waals surface area contributed by atoms with Gasteiger partial charge in [0.25, 0.3) is 5.91 Å². The Morgan fingerprint density at radius 1 is 0.941 bits per heavy atom. The Bertz CT molecular complexity index is 1570. The fourth-order valence-corrected chi connectivity index (χ4v) is 4.73. The smallest absolute Gasteiger partial charge is 0.291 e. The van der Waals surface area contributed by atoms with Gasteiger partial charge in [-0.2, -0.15) is 0 Å². The zero-order valence-electron chi connectivity index (χ0n) is 17.3. The number of rotatable bonds is 3. The van der Waals surface area contributed by atoms with E-state index in [1.165, 1.54) is 17.0 Å². The predicted octanol–water partition coefficient (Wildman–Crippen LogP) is 5.71. The highest BCUT2D eigenvalue weighted by Gasteiger charge is 2.43. The van der Waals surface area contributed by atoms with Gasteiger partial charge < -0.3 is 18.8 Å². The fourth-order valence-electron chi connectivity index (χ4n) is 4.42. The van der Waals surface area contributed by atoms with Crippen molar-refractivity contribution in [1.29, 1.82) is 0 Å². The molecule has 3 aromatic carbocycles. The summed E-state index contributed by atoms with van der Waals surface area (Å²) in [6.07, 6.45) is 0. The summed E-state index contributed by atoms with van der Waals surface area (Å²) in [6, 6.07) is 13.1. The molecule has 0 bridgehead atoms. The molecule has 6 rings (SSSR count).